The van der Waals surface area contributed by atoms with Gasteiger partial charge in [0.1, 0.15) is 0 Å². The first-order valence-electron chi connectivity index (χ1n) is 7.87. The van der Waals surface area contributed by atoms with Gasteiger partial charge in [-0.3, -0.25) is 0 Å². The van der Waals surface area contributed by atoms with Gasteiger partial charge in [0.05, 0.1) is 6.61 Å². The third-order valence-electron chi connectivity index (χ3n) is 3.65. The highest BCUT2D eigenvalue weighted by Crippen LogP contribution is 2.15. The average Bonchev–Trinajstić information content (AvgIpc) is 2.43. The van der Waals surface area contributed by atoms with Crippen LogP contribution in [0.4, 0.5) is 0 Å². The lowest BCUT2D eigenvalue weighted by molar-refractivity contribution is 0.0557. The van der Waals surface area contributed by atoms with Crippen molar-refractivity contribution in [3.63, 3.8) is 0 Å². The first-order valence-corrected chi connectivity index (χ1v) is 7.87. The van der Waals surface area contributed by atoms with Crippen LogP contribution in [0.2, 0.25) is 0 Å². The minimum atomic E-state index is 0.830. The van der Waals surface area contributed by atoms with Crippen molar-refractivity contribution < 1.29 is 9.47 Å². The van der Waals surface area contributed by atoms with Crippen LogP contribution in [0.25, 0.3) is 0 Å². The largest absolute Gasteiger partial charge is 0.381 e. The molecule has 1 saturated heterocycles. The zero-order valence-electron chi connectivity index (χ0n) is 12.8. The van der Waals surface area contributed by atoms with E-state index >= 15 is 0 Å². The highest BCUT2D eigenvalue weighted by molar-refractivity contribution is 4.67. The quantitative estimate of drug-likeness (QED) is 0.581. The van der Waals surface area contributed by atoms with Crippen molar-refractivity contribution in [2.24, 2.45) is 5.92 Å². The Balaban J connectivity index is 1.85. The summed E-state index contributed by atoms with van der Waals surface area (Å²) in [6, 6.07) is 0. The molecule has 1 aliphatic heterocycles. The van der Waals surface area contributed by atoms with Crippen molar-refractivity contribution in [2.75, 3.05) is 59.7 Å². The molecule has 0 amide bonds. The summed E-state index contributed by atoms with van der Waals surface area (Å²) < 4.78 is 10.9. The number of nitrogens with zero attached hydrogens (tertiary/aromatic N) is 1. The molecule has 0 unspecified atom stereocenters. The van der Waals surface area contributed by atoms with E-state index in [4.69, 9.17) is 9.47 Å². The van der Waals surface area contributed by atoms with Gasteiger partial charge < -0.3 is 19.7 Å². The topological polar surface area (TPSA) is 33.7 Å². The molecular formula is C15H32N2O2. The maximum Gasteiger partial charge on any atom is 0.0590 e. The van der Waals surface area contributed by atoms with Crippen LogP contribution in [0, 0.1) is 5.92 Å². The number of likely N-dealkylation sites (N-methyl/N-ethyl adjacent to an activating group) is 1. The lowest BCUT2D eigenvalue weighted by Gasteiger charge is -2.27. The van der Waals surface area contributed by atoms with Crippen LogP contribution < -0.4 is 5.32 Å². The lowest BCUT2D eigenvalue weighted by Crippen LogP contribution is -2.35. The lowest BCUT2D eigenvalue weighted by atomic mass is 10.00. The Labute approximate surface area is 118 Å². The van der Waals surface area contributed by atoms with Crippen LogP contribution in [0.5, 0.6) is 0 Å². The number of unbranched alkanes of at least 4 members (excludes halogenated alkanes) is 1. The maximum absolute atomic E-state index is 5.51. The molecular weight excluding hydrogens is 240 g/mol. The van der Waals surface area contributed by atoms with Crippen molar-refractivity contribution in [3.05, 3.63) is 0 Å². The second kappa shape index (κ2) is 11.6. The van der Waals surface area contributed by atoms with E-state index in [1.54, 1.807) is 0 Å². The standard InChI is InChI=1S/C15H32N2O2/c1-3-4-10-18-13-8-16-7-9-17(2)14-15-5-11-19-12-6-15/h15-16H,3-14H2,1-2H3. The van der Waals surface area contributed by atoms with Crippen LogP contribution in [0.1, 0.15) is 32.6 Å². The molecule has 19 heavy (non-hydrogen) atoms. The zero-order chi connectivity index (χ0) is 13.8. The normalized spacial score (nSPS) is 17.2. The van der Waals surface area contributed by atoms with Crippen molar-refractivity contribution in [1.29, 1.82) is 0 Å². The minimum Gasteiger partial charge on any atom is -0.381 e. The fourth-order valence-corrected chi connectivity index (χ4v) is 2.35. The SMILES string of the molecule is CCCCOCCNCCN(C)CC1CCOCC1. The Morgan fingerprint density at radius 3 is 2.74 bits per heavy atom. The summed E-state index contributed by atoms with van der Waals surface area (Å²) in [6.45, 7) is 10.2. The van der Waals surface area contributed by atoms with Gasteiger partial charge in [0.25, 0.3) is 0 Å². The molecule has 1 N–H and O–H groups in total. The number of nitrogens with one attached hydrogen (secondary N) is 1. The predicted molar refractivity (Wildman–Crippen MR) is 79.6 cm³/mol. The zero-order valence-corrected chi connectivity index (χ0v) is 12.8. The van der Waals surface area contributed by atoms with E-state index in [0.29, 0.717) is 0 Å². The fraction of sp³-hybridized carbons (Fsp3) is 1.00. The maximum atomic E-state index is 5.51. The fourth-order valence-electron chi connectivity index (χ4n) is 2.35. The van der Waals surface area contributed by atoms with Gasteiger partial charge in [0.2, 0.25) is 0 Å². The molecule has 0 aliphatic carbocycles. The van der Waals surface area contributed by atoms with E-state index in [9.17, 15) is 0 Å². The van der Waals surface area contributed by atoms with E-state index in [-0.39, 0.29) is 0 Å². The molecule has 4 nitrogen and oxygen atoms in total. The Bertz CT molecular complexity index is 197. The Kier molecular flexibility index (Phi) is 10.4. The summed E-state index contributed by atoms with van der Waals surface area (Å²) in [6.07, 6.45) is 4.84. The average molecular weight is 272 g/mol. The van der Waals surface area contributed by atoms with E-state index < -0.39 is 0 Å². The van der Waals surface area contributed by atoms with E-state index in [1.807, 2.05) is 0 Å². The van der Waals surface area contributed by atoms with Gasteiger partial charge in [-0.15, -0.1) is 0 Å². The van der Waals surface area contributed by atoms with E-state index in [0.717, 1.165) is 52.0 Å². The molecule has 1 heterocycles. The van der Waals surface area contributed by atoms with E-state index in [1.165, 1.54) is 32.2 Å². The Morgan fingerprint density at radius 2 is 2.00 bits per heavy atom. The van der Waals surface area contributed by atoms with Crippen molar-refractivity contribution in [2.45, 2.75) is 32.6 Å². The van der Waals surface area contributed by atoms with Gasteiger partial charge in [-0.2, -0.15) is 0 Å². The van der Waals surface area contributed by atoms with Gasteiger partial charge in [-0.05, 0) is 32.2 Å². The summed E-state index contributed by atoms with van der Waals surface area (Å²) in [5, 5.41) is 3.44. The number of rotatable bonds is 11. The van der Waals surface area contributed by atoms with Crippen molar-refractivity contribution in [1.82, 2.24) is 10.2 Å². The van der Waals surface area contributed by atoms with Gasteiger partial charge >= 0.3 is 0 Å². The summed E-state index contributed by atoms with van der Waals surface area (Å²) >= 11 is 0. The Morgan fingerprint density at radius 1 is 1.21 bits per heavy atom. The molecule has 1 aliphatic rings. The smallest absolute Gasteiger partial charge is 0.0590 e. The first kappa shape index (κ1) is 16.9. The molecule has 0 aromatic rings. The second-order valence-corrected chi connectivity index (χ2v) is 5.53. The molecule has 0 aromatic carbocycles. The summed E-state index contributed by atoms with van der Waals surface area (Å²) in [7, 11) is 2.22. The van der Waals surface area contributed by atoms with Crippen LogP contribution in [0.15, 0.2) is 0 Å². The van der Waals surface area contributed by atoms with Crippen molar-refractivity contribution in [3.8, 4) is 0 Å². The minimum absolute atomic E-state index is 0.830. The van der Waals surface area contributed by atoms with Gasteiger partial charge in [-0.1, -0.05) is 13.3 Å². The first-order chi connectivity index (χ1) is 9.33. The third-order valence-corrected chi connectivity index (χ3v) is 3.65. The highest BCUT2D eigenvalue weighted by Gasteiger charge is 2.15. The second-order valence-electron chi connectivity index (χ2n) is 5.53. The van der Waals surface area contributed by atoms with Crippen molar-refractivity contribution >= 4 is 0 Å². The van der Waals surface area contributed by atoms with Gasteiger partial charge in [0.15, 0.2) is 0 Å². The molecule has 0 bridgehead atoms. The van der Waals surface area contributed by atoms with Gasteiger partial charge in [0, 0.05) is 46.0 Å². The summed E-state index contributed by atoms with van der Waals surface area (Å²) in [5.41, 5.74) is 0. The third kappa shape index (κ3) is 9.38. The molecule has 4 heteroatoms. The number of hydrogen-bond acceptors (Lipinski definition) is 4. The van der Waals surface area contributed by atoms with Gasteiger partial charge in [-0.25, -0.2) is 0 Å². The molecule has 0 aromatic heterocycles. The molecule has 0 atom stereocenters. The van der Waals surface area contributed by atoms with Crippen LogP contribution in [-0.2, 0) is 9.47 Å². The molecule has 0 radical (unpaired) electrons. The number of hydrogen-bond donors (Lipinski definition) is 1. The van der Waals surface area contributed by atoms with Crippen LogP contribution >= 0.6 is 0 Å². The highest BCUT2D eigenvalue weighted by atomic mass is 16.5. The van der Waals surface area contributed by atoms with E-state index in [2.05, 4.69) is 24.2 Å². The molecule has 114 valence electrons. The summed E-state index contributed by atoms with van der Waals surface area (Å²) in [4.78, 5) is 2.43. The molecule has 1 rings (SSSR count). The summed E-state index contributed by atoms with van der Waals surface area (Å²) in [5.74, 6) is 0.830. The Hall–Kier alpha value is -0.160. The van der Waals surface area contributed by atoms with Crippen LogP contribution in [-0.4, -0.2) is 64.6 Å². The number of ether oxygens (including phenoxy) is 2. The molecule has 0 saturated carbocycles. The molecule has 0 spiro atoms. The predicted octanol–water partition coefficient (Wildman–Crippen LogP) is 1.75. The van der Waals surface area contributed by atoms with Crippen LogP contribution in [0.3, 0.4) is 0 Å². The monoisotopic (exact) mass is 272 g/mol. The molecule has 1 fully saturated rings.